The van der Waals surface area contributed by atoms with E-state index in [4.69, 9.17) is 10.5 Å². The molecule has 1 aromatic heterocycles. The lowest BCUT2D eigenvalue weighted by Crippen LogP contribution is -2.37. The van der Waals surface area contributed by atoms with Gasteiger partial charge in [0.1, 0.15) is 0 Å². The lowest BCUT2D eigenvalue weighted by Gasteiger charge is -2.20. The fourth-order valence-corrected chi connectivity index (χ4v) is 3.20. The van der Waals surface area contributed by atoms with Crippen LogP contribution in [0.2, 0.25) is 0 Å². The summed E-state index contributed by atoms with van der Waals surface area (Å²) < 4.78 is 6.73. The van der Waals surface area contributed by atoms with Gasteiger partial charge < -0.3 is 10.5 Å². The van der Waals surface area contributed by atoms with E-state index in [1.807, 2.05) is 0 Å². The molecule has 0 spiro atoms. The van der Waals surface area contributed by atoms with Crippen molar-refractivity contribution in [3.63, 3.8) is 0 Å². The normalized spacial score (nSPS) is 15.0. The maximum Gasteiger partial charge on any atom is 0.0722 e. The van der Waals surface area contributed by atoms with Gasteiger partial charge in [-0.25, -0.2) is 0 Å². The molecule has 2 nitrogen and oxygen atoms in total. The highest BCUT2D eigenvalue weighted by Gasteiger charge is 2.17. The summed E-state index contributed by atoms with van der Waals surface area (Å²) in [6, 6.07) is 8.55. The quantitative estimate of drug-likeness (QED) is 0.883. The molecule has 2 atom stereocenters. The van der Waals surface area contributed by atoms with E-state index in [1.54, 1.807) is 18.4 Å². The first-order chi connectivity index (χ1) is 8.26. The molecule has 0 fully saturated rings. The first kappa shape index (κ1) is 12.6. The predicted molar refractivity (Wildman–Crippen MR) is 74.6 cm³/mol. The molecule has 17 heavy (non-hydrogen) atoms. The van der Waals surface area contributed by atoms with Gasteiger partial charge in [0.05, 0.1) is 6.10 Å². The van der Waals surface area contributed by atoms with E-state index >= 15 is 0 Å². The van der Waals surface area contributed by atoms with Crippen LogP contribution in [-0.2, 0) is 11.2 Å². The second-order valence-electron chi connectivity index (χ2n) is 4.31. The fraction of sp³-hybridized carbons (Fsp3) is 0.429. The number of hydrogen-bond donors (Lipinski definition) is 1. The summed E-state index contributed by atoms with van der Waals surface area (Å²) in [7, 11) is 1.74. The third kappa shape index (κ3) is 2.68. The van der Waals surface area contributed by atoms with Crippen LogP contribution in [0.1, 0.15) is 18.9 Å². The molecule has 0 amide bonds. The number of methoxy groups -OCH3 is 1. The van der Waals surface area contributed by atoms with Crippen LogP contribution in [-0.4, -0.2) is 19.3 Å². The fourth-order valence-electron chi connectivity index (χ4n) is 2.22. The number of ether oxygens (including phenoxy) is 1. The number of fused-ring (bicyclic) bond motifs is 1. The van der Waals surface area contributed by atoms with Crippen LogP contribution >= 0.6 is 11.3 Å². The molecular weight excluding hydrogens is 230 g/mol. The Hall–Kier alpha value is -0.900. The predicted octanol–water partition coefficient (Wildman–Crippen LogP) is 3.20. The molecule has 1 heterocycles. The molecule has 2 aromatic rings. The van der Waals surface area contributed by atoms with E-state index in [0.717, 1.165) is 12.8 Å². The van der Waals surface area contributed by atoms with Gasteiger partial charge in [-0.15, -0.1) is 11.3 Å². The van der Waals surface area contributed by atoms with Gasteiger partial charge in [-0.1, -0.05) is 25.1 Å². The molecule has 0 radical (unpaired) electrons. The maximum absolute atomic E-state index is 6.20. The van der Waals surface area contributed by atoms with Crippen molar-refractivity contribution in [2.45, 2.75) is 31.9 Å². The summed E-state index contributed by atoms with van der Waals surface area (Å²) in [5.41, 5.74) is 7.54. The topological polar surface area (TPSA) is 35.2 Å². The van der Waals surface area contributed by atoms with Crippen LogP contribution in [0.4, 0.5) is 0 Å². The van der Waals surface area contributed by atoms with Crippen molar-refractivity contribution in [2.75, 3.05) is 7.11 Å². The van der Waals surface area contributed by atoms with Crippen LogP contribution in [0.3, 0.4) is 0 Å². The van der Waals surface area contributed by atoms with Crippen LogP contribution < -0.4 is 5.73 Å². The van der Waals surface area contributed by atoms with E-state index in [-0.39, 0.29) is 12.1 Å². The van der Waals surface area contributed by atoms with Gasteiger partial charge in [-0.05, 0) is 35.2 Å². The van der Waals surface area contributed by atoms with Gasteiger partial charge in [0.2, 0.25) is 0 Å². The van der Waals surface area contributed by atoms with Crippen LogP contribution in [0, 0.1) is 0 Å². The average Bonchev–Trinajstić information content (AvgIpc) is 2.74. The average molecular weight is 249 g/mol. The van der Waals surface area contributed by atoms with Gasteiger partial charge in [0, 0.05) is 17.9 Å². The Kier molecular flexibility index (Phi) is 4.15. The van der Waals surface area contributed by atoms with E-state index in [1.165, 1.54) is 15.6 Å². The minimum absolute atomic E-state index is 0.0722. The number of rotatable bonds is 5. The summed E-state index contributed by atoms with van der Waals surface area (Å²) in [5, 5.41) is 3.55. The minimum atomic E-state index is 0.0722. The zero-order valence-electron chi connectivity index (χ0n) is 10.3. The Morgan fingerprint density at radius 1 is 1.35 bits per heavy atom. The highest BCUT2D eigenvalue weighted by Crippen LogP contribution is 2.26. The monoisotopic (exact) mass is 249 g/mol. The van der Waals surface area contributed by atoms with Crippen molar-refractivity contribution < 1.29 is 4.74 Å². The van der Waals surface area contributed by atoms with Gasteiger partial charge in [0.15, 0.2) is 0 Å². The van der Waals surface area contributed by atoms with Gasteiger partial charge in [-0.2, -0.15) is 0 Å². The van der Waals surface area contributed by atoms with Crippen molar-refractivity contribution in [3.05, 3.63) is 35.2 Å². The Morgan fingerprint density at radius 3 is 2.82 bits per heavy atom. The summed E-state index contributed by atoms with van der Waals surface area (Å²) in [6.45, 7) is 2.11. The highest BCUT2D eigenvalue weighted by molar-refractivity contribution is 7.17. The largest absolute Gasteiger partial charge is 0.380 e. The van der Waals surface area contributed by atoms with Gasteiger partial charge >= 0.3 is 0 Å². The van der Waals surface area contributed by atoms with Crippen LogP contribution in [0.5, 0.6) is 0 Å². The van der Waals surface area contributed by atoms with Crippen molar-refractivity contribution in [1.82, 2.24) is 0 Å². The third-order valence-electron chi connectivity index (χ3n) is 3.20. The number of thiophene rings is 1. The smallest absolute Gasteiger partial charge is 0.0722 e. The summed E-state index contributed by atoms with van der Waals surface area (Å²) in [5.74, 6) is 0. The van der Waals surface area contributed by atoms with E-state index in [9.17, 15) is 0 Å². The molecule has 0 saturated heterocycles. The first-order valence-corrected chi connectivity index (χ1v) is 6.87. The van der Waals surface area contributed by atoms with Crippen LogP contribution in [0.25, 0.3) is 10.1 Å². The molecule has 92 valence electrons. The highest BCUT2D eigenvalue weighted by atomic mass is 32.1. The molecule has 0 aliphatic heterocycles. The lowest BCUT2D eigenvalue weighted by molar-refractivity contribution is 0.0774. The zero-order chi connectivity index (χ0) is 12.3. The Bertz CT molecular complexity index is 476. The van der Waals surface area contributed by atoms with E-state index in [0.29, 0.717) is 0 Å². The molecule has 0 bridgehead atoms. The zero-order valence-corrected chi connectivity index (χ0v) is 11.2. The van der Waals surface area contributed by atoms with Gasteiger partial charge in [-0.3, -0.25) is 0 Å². The Balaban J connectivity index is 2.18. The molecule has 0 aliphatic carbocycles. The van der Waals surface area contributed by atoms with Gasteiger partial charge in [0.25, 0.3) is 0 Å². The Morgan fingerprint density at radius 2 is 2.12 bits per heavy atom. The van der Waals surface area contributed by atoms with Crippen molar-refractivity contribution in [2.24, 2.45) is 5.73 Å². The molecule has 2 N–H and O–H groups in total. The van der Waals surface area contributed by atoms with E-state index < -0.39 is 0 Å². The van der Waals surface area contributed by atoms with E-state index in [2.05, 4.69) is 36.6 Å². The lowest BCUT2D eigenvalue weighted by atomic mass is 10.00. The number of nitrogens with two attached hydrogens (primary N) is 1. The molecule has 1 aromatic carbocycles. The maximum atomic E-state index is 6.20. The second-order valence-corrected chi connectivity index (χ2v) is 5.22. The third-order valence-corrected chi connectivity index (χ3v) is 4.21. The first-order valence-electron chi connectivity index (χ1n) is 5.99. The molecule has 3 heteroatoms. The standard InChI is InChI=1S/C14H19NOS/c1-3-13(16-2)12(15)8-10-9-17-14-7-5-4-6-11(10)14/h4-7,9,12-13H,3,8,15H2,1-2H3. The minimum Gasteiger partial charge on any atom is -0.380 e. The molecule has 2 rings (SSSR count). The molecular formula is C14H19NOS. The van der Waals surface area contributed by atoms with Crippen molar-refractivity contribution in [1.29, 1.82) is 0 Å². The second kappa shape index (κ2) is 5.63. The SMILES string of the molecule is CCC(OC)C(N)Cc1csc2ccccc12. The summed E-state index contributed by atoms with van der Waals surface area (Å²) >= 11 is 1.79. The number of hydrogen-bond acceptors (Lipinski definition) is 3. The summed E-state index contributed by atoms with van der Waals surface area (Å²) in [6.07, 6.45) is 1.99. The molecule has 0 aliphatic rings. The van der Waals surface area contributed by atoms with Crippen molar-refractivity contribution in [3.8, 4) is 0 Å². The summed E-state index contributed by atoms with van der Waals surface area (Å²) in [4.78, 5) is 0. The van der Waals surface area contributed by atoms with Crippen molar-refractivity contribution >= 4 is 21.4 Å². The Labute approximate surface area is 106 Å². The van der Waals surface area contributed by atoms with Crippen LogP contribution in [0.15, 0.2) is 29.6 Å². The molecule has 0 saturated carbocycles. The number of benzene rings is 1. The molecule has 2 unspecified atom stereocenters.